The molecule has 0 saturated heterocycles. The van der Waals surface area contributed by atoms with Gasteiger partial charge in [0.2, 0.25) is 0 Å². The van der Waals surface area contributed by atoms with E-state index < -0.39 is 5.83 Å². The van der Waals surface area contributed by atoms with Gasteiger partial charge in [0.1, 0.15) is 5.83 Å². The fourth-order valence-corrected chi connectivity index (χ4v) is 1.23. The third-order valence-corrected chi connectivity index (χ3v) is 1.73. The Bertz CT molecular complexity index is 255. The second-order valence-electron chi connectivity index (χ2n) is 2.72. The maximum Gasteiger partial charge on any atom is 0.256 e. The summed E-state index contributed by atoms with van der Waals surface area (Å²) < 4.78 is 12.6. The van der Waals surface area contributed by atoms with Crippen molar-refractivity contribution in [2.75, 3.05) is 13.6 Å². The molecule has 1 aliphatic heterocycles. The highest BCUT2D eigenvalue weighted by Gasteiger charge is 2.26. The Hall–Kier alpha value is -1.12. The summed E-state index contributed by atoms with van der Waals surface area (Å²) in [5.41, 5.74) is 0.900. The van der Waals surface area contributed by atoms with Crippen LogP contribution in [0, 0.1) is 0 Å². The summed E-state index contributed by atoms with van der Waals surface area (Å²) in [4.78, 5) is 12.6. The minimum atomic E-state index is -0.628. The molecule has 0 radical (unpaired) electrons. The van der Waals surface area contributed by atoms with E-state index in [1.165, 1.54) is 4.90 Å². The average Bonchev–Trinajstić information content (AvgIpc) is 2.07. The SMILES string of the molecule is C=C(F)C1=C(C)CN(C)C1=O. The summed E-state index contributed by atoms with van der Waals surface area (Å²) in [7, 11) is 1.64. The van der Waals surface area contributed by atoms with Gasteiger partial charge >= 0.3 is 0 Å². The highest BCUT2D eigenvalue weighted by molar-refractivity contribution is 6.00. The largest absolute Gasteiger partial charge is 0.338 e. The molecule has 0 atom stereocenters. The fourth-order valence-electron chi connectivity index (χ4n) is 1.23. The first-order chi connectivity index (χ1) is 5.04. The third kappa shape index (κ3) is 1.18. The van der Waals surface area contributed by atoms with Crippen molar-refractivity contribution in [3.63, 3.8) is 0 Å². The summed E-state index contributed by atoms with van der Waals surface area (Å²) in [6.07, 6.45) is 0. The van der Waals surface area contributed by atoms with Gasteiger partial charge in [0.25, 0.3) is 5.91 Å². The molecule has 11 heavy (non-hydrogen) atoms. The van der Waals surface area contributed by atoms with Crippen molar-refractivity contribution in [3.8, 4) is 0 Å². The molecule has 0 bridgehead atoms. The van der Waals surface area contributed by atoms with Gasteiger partial charge in [-0.05, 0) is 12.5 Å². The van der Waals surface area contributed by atoms with Crippen molar-refractivity contribution in [2.45, 2.75) is 6.92 Å². The third-order valence-electron chi connectivity index (χ3n) is 1.73. The molecule has 0 saturated carbocycles. The van der Waals surface area contributed by atoms with E-state index in [1.54, 1.807) is 14.0 Å². The molecule has 0 aromatic heterocycles. The minimum absolute atomic E-state index is 0.146. The van der Waals surface area contributed by atoms with E-state index in [9.17, 15) is 9.18 Å². The van der Waals surface area contributed by atoms with Crippen LogP contribution in [0.3, 0.4) is 0 Å². The van der Waals surface area contributed by atoms with Crippen molar-refractivity contribution in [1.82, 2.24) is 4.90 Å². The van der Waals surface area contributed by atoms with Crippen molar-refractivity contribution in [3.05, 3.63) is 23.6 Å². The van der Waals surface area contributed by atoms with Crippen molar-refractivity contribution in [1.29, 1.82) is 0 Å². The molecule has 60 valence electrons. The van der Waals surface area contributed by atoms with Crippen molar-refractivity contribution in [2.24, 2.45) is 0 Å². The zero-order valence-electron chi connectivity index (χ0n) is 6.65. The van der Waals surface area contributed by atoms with Crippen LogP contribution in [0.5, 0.6) is 0 Å². The van der Waals surface area contributed by atoms with Crippen LogP contribution in [0.1, 0.15) is 6.92 Å². The van der Waals surface area contributed by atoms with Gasteiger partial charge in [0, 0.05) is 13.6 Å². The topological polar surface area (TPSA) is 20.3 Å². The maximum atomic E-state index is 12.6. The van der Waals surface area contributed by atoms with Crippen LogP contribution in [0.2, 0.25) is 0 Å². The molecule has 1 aliphatic rings. The number of hydrogen-bond acceptors (Lipinski definition) is 1. The van der Waals surface area contributed by atoms with Gasteiger partial charge in [-0.15, -0.1) is 0 Å². The number of amides is 1. The lowest BCUT2D eigenvalue weighted by Crippen LogP contribution is -2.21. The van der Waals surface area contributed by atoms with Crippen molar-refractivity contribution >= 4 is 5.91 Å². The molecule has 1 rings (SSSR count). The Kier molecular flexibility index (Phi) is 1.81. The molecule has 0 aliphatic carbocycles. The van der Waals surface area contributed by atoms with Crippen LogP contribution >= 0.6 is 0 Å². The molecule has 2 nitrogen and oxygen atoms in total. The molecule has 3 heteroatoms. The van der Waals surface area contributed by atoms with Crippen LogP contribution in [0.25, 0.3) is 0 Å². The summed E-state index contributed by atoms with van der Waals surface area (Å²) >= 11 is 0. The van der Waals surface area contributed by atoms with Gasteiger partial charge in [-0.3, -0.25) is 4.79 Å². The van der Waals surface area contributed by atoms with E-state index >= 15 is 0 Å². The first-order valence-corrected chi connectivity index (χ1v) is 3.34. The Morgan fingerprint density at radius 3 is 2.45 bits per heavy atom. The van der Waals surface area contributed by atoms with E-state index in [-0.39, 0.29) is 11.5 Å². The molecule has 1 amide bonds. The zero-order valence-corrected chi connectivity index (χ0v) is 6.65. The van der Waals surface area contributed by atoms with Gasteiger partial charge < -0.3 is 4.90 Å². The van der Waals surface area contributed by atoms with Gasteiger partial charge in [-0.2, -0.15) is 0 Å². The predicted octanol–water partition coefficient (Wildman–Crippen LogP) is 1.26. The number of rotatable bonds is 1. The molecular formula is C8H10FNO. The predicted molar refractivity (Wildman–Crippen MR) is 40.6 cm³/mol. The lowest BCUT2D eigenvalue weighted by atomic mass is 10.1. The van der Waals surface area contributed by atoms with Gasteiger partial charge in [0.15, 0.2) is 0 Å². The van der Waals surface area contributed by atoms with E-state index in [0.717, 1.165) is 5.57 Å². The molecule has 0 spiro atoms. The molecule has 0 N–H and O–H groups in total. The van der Waals surface area contributed by atoms with E-state index in [0.29, 0.717) is 6.54 Å². The number of halogens is 1. The maximum absolute atomic E-state index is 12.6. The normalized spacial score (nSPS) is 18.1. The highest BCUT2D eigenvalue weighted by atomic mass is 19.1. The van der Waals surface area contributed by atoms with Crippen LogP contribution in [-0.2, 0) is 4.79 Å². The second-order valence-corrected chi connectivity index (χ2v) is 2.72. The van der Waals surface area contributed by atoms with E-state index in [1.807, 2.05) is 0 Å². The standard InChI is InChI=1S/C8H10FNO/c1-5-4-10(3)8(11)7(5)6(2)9/h2,4H2,1,3H3. The first kappa shape index (κ1) is 7.98. The fraction of sp³-hybridized carbons (Fsp3) is 0.375. The molecule has 0 aromatic rings. The second kappa shape index (κ2) is 2.49. The average molecular weight is 155 g/mol. The first-order valence-electron chi connectivity index (χ1n) is 3.34. The minimum Gasteiger partial charge on any atom is -0.338 e. The Labute approximate surface area is 65.0 Å². The number of carbonyl (C=O) groups excluding carboxylic acids is 1. The van der Waals surface area contributed by atoms with E-state index in [4.69, 9.17) is 0 Å². The highest BCUT2D eigenvalue weighted by Crippen LogP contribution is 2.23. The number of hydrogen-bond donors (Lipinski definition) is 0. The van der Waals surface area contributed by atoms with Gasteiger partial charge in [-0.1, -0.05) is 6.58 Å². The Morgan fingerprint density at radius 1 is 1.73 bits per heavy atom. The number of carbonyl (C=O) groups is 1. The monoisotopic (exact) mass is 155 g/mol. The van der Waals surface area contributed by atoms with Gasteiger partial charge in [0.05, 0.1) is 5.57 Å². The van der Waals surface area contributed by atoms with Crippen LogP contribution < -0.4 is 0 Å². The summed E-state index contributed by atoms with van der Waals surface area (Å²) in [5, 5.41) is 0. The van der Waals surface area contributed by atoms with Crippen LogP contribution in [0.15, 0.2) is 23.6 Å². The molecule has 0 aromatic carbocycles. The lowest BCUT2D eigenvalue weighted by molar-refractivity contribution is -0.124. The summed E-state index contributed by atoms with van der Waals surface area (Å²) in [6, 6.07) is 0. The number of nitrogens with zero attached hydrogens (tertiary/aromatic N) is 1. The van der Waals surface area contributed by atoms with Crippen molar-refractivity contribution < 1.29 is 9.18 Å². The van der Waals surface area contributed by atoms with Crippen LogP contribution in [0.4, 0.5) is 4.39 Å². The zero-order chi connectivity index (χ0) is 8.59. The number of likely N-dealkylation sites (N-methyl/N-ethyl adjacent to an activating group) is 1. The molecule has 1 heterocycles. The van der Waals surface area contributed by atoms with Crippen LogP contribution in [-0.4, -0.2) is 24.4 Å². The molecular weight excluding hydrogens is 145 g/mol. The smallest absolute Gasteiger partial charge is 0.256 e. The Morgan fingerprint density at radius 2 is 2.27 bits per heavy atom. The van der Waals surface area contributed by atoms with Gasteiger partial charge in [-0.25, -0.2) is 4.39 Å². The summed E-state index contributed by atoms with van der Waals surface area (Å²) in [6.45, 7) is 5.35. The summed E-state index contributed by atoms with van der Waals surface area (Å²) in [5.74, 6) is -0.896. The molecule has 0 fully saturated rings. The Balaban J connectivity index is 3.01. The van der Waals surface area contributed by atoms with E-state index in [2.05, 4.69) is 6.58 Å². The molecule has 0 unspecified atom stereocenters. The quantitative estimate of drug-likeness (QED) is 0.558. The lowest BCUT2D eigenvalue weighted by Gasteiger charge is -2.06.